The maximum atomic E-state index is 4.18. The Labute approximate surface area is 376 Å². The first-order valence-electron chi connectivity index (χ1n) is 17.9. The van der Waals surface area contributed by atoms with Crippen molar-refractivity contribution in [1.82, 2.24) is 0 Å². The number of halogens is 6. The molecule has 0 fully saturated rings. The van der Waals surface area contributed by atoms with Crippen LogP contribution in [-0.2, 0) is 0 Å². The second-order valence-electron chi connectivity index (χ2n) is 13.6. The molecule has 0 saturated carbocycles. The van der Waals surface area contributed by atoms with Gasteiger partial charge in [0.25, 0.3) is 0 Å². The molecule has 0 aromatic heterocycles. The SMILES string of the molecule is Brc1cc(-c2ccccc2)cc(Br)c1-c1c(-c2c(Br)cc(-c3ccccc3)cc2Br)c2c(Br)cc(-c3ccccc3)cc2c2cc(-c3ccccc3)cc(Br)c12. The van der Waals surface area contributed by atoms with Crippen molar-refractivity contribution in [3.8, 4) is 66.8 Å². The molecule has 0 amide bonds. The molecule has 0 bridgehead atoms. The third kappa shape index (κ3) is 7.01. The molecule has 6 heteroatoms. The maximum absolute atomic E-state index is 4.18. The first-order chi connectivity index (χ1) is 27.3. The van der Waals surface area contributed by atoms with Crippen LogP contribution in [0.15, 0.2) is 197 Å². The lowest BCUT2D eigenvalue weighted by atomic mass is 9.82. The third-order valence-electron chi connectivity index (χ3n) is 10.2. The van der Waals surface area contributed by atoms with E-state index < -0.39 is 0 Å². The van der Waals surface area contributed by atoms with E-state index in [1.807, 2.05) is 0 Å². The zero-order valence-corrected chi connectivity index (χ0v) is 38.9. The molecule has 0 atom stereocenters. The van der Waals surface area contributed by atoms with E-state index in [9.17, 15) is 0 Å². The molecule has 0 nitrogen and oxygen atoms in total. The molecule has 0 spiro atoms. The highest BCUT2D eigenvalue weighted by Crippen LogP contribution is 2.56. The summed E-state index contributed by atoms with van der Waals surface area (Å²) in [6, 6.07) is 60.4. The summed E-state index contributed by atoms with van der Waals surface area (Å²) in [6.45, 7) is 0. The lowest BCUT2D eigenvalue weighted by molar-refractivity contribution is 1.52. The minimum atomic E-state index is 0.983. The minimum Gasteiger partial charge on any atom is -0.0622 e. The quantitative estimate of drug-likeness (QED) is 0.146. The van der Waals surface area contributed by atoms with Crippen molar-refractivity contribution in [3.63, 3.8) is 0 Å². The molecular weight excluding hydrogens is 1080 g/mol. The van der Waals surface area contributed by atoms with Crippen LogP contribution >= 0.6 is 95.6 Å². The summed E-state index contributed by atoms with van der Waals surface area (Å²) in [7, 11) is 0. The van der Waals surface area contributed by atoms with Gasteiger partial charge in [0, 0.05) is 59.9 Å². The summed E-state index contributed by atoms with van der Waals surface area (Å²) in [5, 5.41) is 4.52. The van der Waals surface area contributed by atoms with E-state index in [2.05, 4.69) is 265 Å². The standard InChI is InChI=1S/C50H28Br6/c51-39-23-33(29-13-5-1-6-14-29)21-37-38-22-34(30-15-7-2-8-16-30)24-40(52)46(38)50(48-43(55)27-36(28-44(48)56)32-19-11-4-12-20-32)49(45(37)39)47-41(53)25-35(26-42(47)54)31-17-9-3-10-18-31/h1-28H. The average molecular weight is 1110 g/mol. The summed E-state index contributed by atoms with van der Waals surface area (Å²) in [5.41, 5.74) is 13.4. The molecule has 9 rings (SSSR count). The van der Waals surface area contributed by atoms with Gasteiger partial charge in [-0.05, 0) is 104 Å². The van der Waals surface area contributed by atoms with Crippen LogP contribution in [0.1, 0.15) is 0 Å². The van der Waals surface area contributed by atoms with Gasteiger partial charge in [0.1, 0.15) is 0 Å². The van der Waals surface area contributed by atoms with Crippen molar-refractivity contribution in [2.75, 3.05) is 0 Å². The highest BCUT2D eigenvalue weighted by atomic mass is 79.9. The molecule has 9 aromatic carbocycles. The van der Waals surface area contributed by atoms with Crippen molar-refractivity contribution in [1.29, 1.82) is 0 Å². The number of hydrogen-bond acceptors (Lipinski definition) is 0. The first kappa shape index (κ1) is 37.9. The first-order valence-corrected chi connectivity index (χ1v) is 22.7. The molecule has 0 radical (unpaired) electrons. The van der Waals surface area contributed by atoms with Gasteiger partial charge in [-0.25, -0.2) is 0 Å². The molecule has 0 aliphatic carbocycles. The van der Waals surface area contributed by atoms with E-state index in [1.54, 1.807) is 0 Å². The number of hydrogen-bond donors (Lipinski definition) is 0. The van der Waals surface area contributed by atoms with Crippen molar-refractivity contribution < 1.29 is 0 Å². The summed E-state index contributed by atoms with van der Waals surface area (Å²) < 4.78 is 5.95. The van der Waals surface area contributed by atoms with Crippen molar-refractivity contribution in [3.05, 3.63) is 197 Å². The second kappa shape index (κ2) is 16.0. The lowest BCUT2D eigenvalue weighted by Gasteiger charge is -2.25. The Morgan fingerprint density at radius 3 is 0.714 bits per heavy atom. The van der Waals surface area contributed by atoms with Crippen LogP contribution in [0, 0.1) is 0 Å². The largest absolute Gasteiger partial charge is 0.0622 e. The Balaban J connectivity index is 1.47. The predicted octanol–water partition coefficient (Wildman–Crippen LogP) is 18.6. The molecule has 56 heavy (non-hydrogen) atoms. The zero-order chi connectivity index (χ0) is 38.5. The van der Waals surface area contributed by atoms with Crippen LogP contribution in [0.25, 0.3) is 88.3 Å². The van der Waals surface area contributed by atoms with Crippen molar-refractivity contribution in [2.45, 2.75) is 0 Å². The van der Waals surface area contributed by atoms with Gasteiger partial charge in [-0.3, -0.25) is 0 Å². The average Bonchev–Trinajstić information content (AvgIpc) is 3.22. The number of fused-ring (bicyclic) bond motifs is 3. The smallest absolute Gasteiger partial charge is 0.0271 e. The summed E-state index contributed by atoms with van der Waals surface area (Å²) >= 11 is 24.9. The van der Waals surface area contributed by atoms with Gasteiger partial charge in [-0.1, -0.05) is 217 Å². The minimum absolute atomic E-state index is 0.983. The predicted molar refractivity (Wildman–Crippen MR) is 260 cm³/mol. The van der Waals surface area contributed by atoms with Gasteiger partial charge in [-0.2, -0.15) is 0 Å². The molecule has 0 heterocycles. The molecular formula is C50H28Br6. The van der Waals surface area contributed by atoms with Gasteiger partial charge in [0.15, 0.2) is 0 Å². The van der Waals surface area contributed by atoms with Crippen LogP contribution in [0.3, 0.4) is 0 Å². The molecule has 0 unspecified atom stereocenters. The van der Waals surface area contributed by atoms with Crippen molar-refractivity contribution >= 4 is 117 Å². The molecule has 0 N–H and O–H groups in total. The number of rotatable bonds is 6. The lowest BCUT2D eigenvalue weighted by Crippen LogP contribution is -1.98. The number of benzene rings is 9. The highest BCUT2D eigenvalue weighted by Gasteiger charge is 2.28. The normalized spacial score (nSPS) is 11.4. The third-order valence-corrected chi connectivity index (χ3v) is 14.0. The monoisotopic (exact) mass is 1100 g/mol. The highest BCUT2D eigenvalue weighted by molar-refractivity contribution is 9.11. The van der Waals surface area contributed by atoms with Crippen LogP contribution in [0.5, 0.6) is 0 Å². The van der Waals surface area contributed by atoms with Crippen LogP contribution < -0.4 is 0 Å². The Morgan fingerprint density at radius 1 is 0.214 bits per heavy atom. The second-order valence-corrected chi connectivity index (χ2v) is 18.7. The summed E-state index contributed by atoms with van der Waals surface area (Å²) in [6.07, 6.45) is 0. The molecule has 270 valence electrons. The van der Waals surface area contributed by atoms with E-state index in [4.69, 9.17) is 0 Å². The van der Waals surface area contributed by atoms with E-state index >= 15 is 0 Å². The van der Waals surface area contributed by atoms with E-state index in [-0.39, 0.29) is 0 Å². The maximum Gasteiger partial charge on any atom is 0.0271 e. The van der Waals surface area contributed by atoms with Gasteiger partial charge >= 0.3 is 0 Å². The van der Waals surface area contributed by atoms with Crippen LogP contribution in [0.4, 0.5) is 0 Å². The fraction of sp³-hybridized carbons (Fsp3) is 0. The van der Waals surface area contributed by atoms with E-state index in [1.165, 1.54) is 0 Å². The van der Waals surface area contributed by atoms with Gasteiger partial charge in [0.05, 0.1) is 0 Å². The van der Waals surface area contributed by atoms with E-state index in [0.717, 1.165) is 115 Å². The Hall–Kier alpha value is -3.62. The zero-order valence-electron chi connectivity index (χ0n) is 29.4. The fourth-order valence-electron chi connectivity index (χ4n) is 7.71. The summed E-state index contributed by atoms with van der Waals surface area (Å²) in [5.74, 6) is 0. The Bertz CT molecular complexity index is 2690. The molecule has 0 aliphatic heterocycles. The fourth-order valence-corrected chi connectivity index (χ4v) is 12.2. The van der Waals surface area contributed by atoms with Gasteiger partial charge in [-0.15, -0.1) is 0 Å². The molecule has 0 saturated heterocycles. The summed E-state index contributed by atoms with van der Waals surface area (Å²) in [4.78, 5) is 0. The molecule has 0 aliphatic rings. The van der Waals surface area contributed by atoms with Gasteiger partial charge in [0.2, 0.25) is 0 Å². The van der Waals surface area contributed by atoms with Crippen LogP contribution in [-0.4, -0.2) is 0 Å². The topological polar surface area (TPSA) is 0 Å². The van der Waals surface area contributed by atoms with Crippen molar-refractivity contribution in [2.24, 2.45) is 0 Å². The Kier molecular flexibility index (Phi) is 10.8. The van der Waals surface area contributed by atoms with E-state index in [0.29, 0.717) is 0 Å². The van der Waals surface area contributed by atoms with Crippen LogP contribution in [0.2, 0.25) is 0 Å². The Morgan fingerprint density at radius 2 is 0.446 bits per heavy atom. The molecule has 9 aromatic rings. The van der Waals surface area contributed by atoms with Gasteiger partial charge < -0.3 is 0 Å².